The second-order valence-corrected chi connectivity index (χ2v) is 6.91. The summed E-state index contributed by atoms with van der Waals surface area (Å²) >= 11 is 0. The third kappa shape index (κ3) is 6.95. The normalized spacial score (nSPS) is 10.5. The Labute approximate surface area is 170 Å². The summed E-state index contributed by atoms with van der Waals surface area (Å²) in [7, 11) is 0. The van der Waals surface area contributed by atoms with Gasteiger partial charge in [0.2, 0.25) is 11.8 Å². The maximum atomic E-state index is 12.5. The number of ether oxygens (including phenoxy) is 1. The van der Waals surface area contributed by atoms with Crippen molar-refractivity contribution in [3.8, 4) is 5.75 Å². The van der Waals surface area contributed by atoms with E-state index in [4.69, 9.17) is 4.74 Å². The lowest BCUT2D eigenvalue weighted by Crippen LogP contribution is -2.38. The maximum Gasteiger partial charge on any atom is 0.335 e. The van der Waals surface area contributed by atoms with Crippen LogP contribution in [-0.2, 0) is 16.0 Å². The van der Waals surface area contributed by atoms with Crippen molar-refractivity contribution < 1.29 is 24.2 Å². The van der Waals surface area contributed by atoms with Crippen LogP contribution >= 0.6 is 0 Å². The largest absolute Gasteiger partial charge is 0.489 e. The van der Waals surface area contributed by atoms with Gasteiger partial charge in [0.15, 0.2) is 0 Å². The summed E-state index contributed by atoms with van der Waals surface area (Å²) < 4.78 is 5.65. The summed E-state index contributed by atoms with van der Waals surface area (Å²) in [5.74, 6) is -1.37. The van der Waals surface area contributed by atoms with Crippen LogP contribution in [-0.4, -0.2) is 47.0 Å². The van der Waals surface area contributed by atoms with E-state index in [-0.39, 0.29) is 29.8 Å². The fourth-order valence-corrected chi connectivity index (χ4v) is 2.74. The van der Waals surface area contributed by atoms with Crippen molar-refractivity contribution in [3.63, 3.8) is 0 Å². The zero-order valence-corrected chi connectivity index (χ0v) is 16.8. The summed E-state index contributed by atoms with van der Waals surface area (Å²) in [6.45, 7) is 5.34. The van der Waals surface area contributed by atoms with Gasteiger partial charge in [-0.3, -0.25) is 9.59 Å². The molecule has 0 bridgehead atoms. The minimum absolute atomic E-state index is 0.0314. The number of hydrogen-bond acceptors (Lipinski definition) is 4. The van der Waals surface area contributed by atoms with E-state index in [0.29, 0.717) is 18.7 Å². The predicted molar refractivity (Wildman–Crippen MR) is 110 cm³/mol. The highest BCUT2D eigenvalue weighted by molar-refractivity contribution is 5.97. The number of carboxylic acids is 1. The van der Waals surface area contributed by atoms with Gasteiger partial charge in [0, 0.05) is 13.5 Å². The maximum absolute atomic E-state index is 12.5. The molecule has 0 aliphatic heterocycles. The number of rotatable bonds is 9. The number of amides is 2. The van der Waals surface area contributed by atoms with Crippen molar-refractivity contribution in [1.82, 2.24) is 4.90 Å². The van der Waals surface area contributed by atoms with E-state index >= 15 is 0 Å². The van der Waals surface area contributed by atoms with E-state index in [9.17, 15) is 19.5 Å². The first-order chi connectivity index (χ1) is 13.8. The average Bonchev–Trinajstić information content (AvgIpc) is 2.66. The number of carboxylic acid groups (broad SMARTS) is 1. The van der Waals surface area contributed by atoms with Crippen molar-refractivity contribution >= 4 is 23.5 Å². The van der Waals surface area contributed by atoms with Gasteiger partial charge in [-0.05, 0) is 44.0 Å². The van der Waals surface area contributed by atoms with Gasteiger partial charge in [-0.25, -0.2) is 4.79 Å². The number of nitrogens with one attached hydrogen (secondary N) is 1. The Balaban J connectivity index is 2.09. The van der Waals surface area contributed by atoms with Gasteiger partial charge in [-0.1, -0.05) is 30.3 Å². The number of anilines is 1. The first kappa shape index (κ1) is 21.9. The fraction of sp³-hybridized carbons (Fsp3) is 0.318. The van der Waals surface area contributed by atoms with Crippen LogP contribution < -0.4 is 10.1 Å². The molecule has 0 unspecified atom stereocenters. The summed E-state index contributed by atoms with van der Waals surface area (Å²) in [5, 5.41) is 11.9. The van der Waals surface area contributed by atoms with Gasteiger partial charge >= 0.3 is 5.97 Å². The Morgan fingerprint density at radius 3 is 2.38 bits per heavy atom. The van der Waals surface area contributed by atoms with Crippen LogP contribution in [0.25, 0.3) is 0 Å². The number of benzene rings is 2. The summed E-state index contributed by atoms with van der Waals surface area (Å²) in [4.78, 5) is 37.2. The Kier molecular flexibility index (Phi) is 7.77. The second-order valence-electron chi connectivity index (χ2n) is 6.91. The Morgan fingerprint density at radius 2 is 1.79 bits per heavy atom. The van der Waals surface area contributed by atoms with E-state index < -0.39 is 11.9 Å². The minimum Gasteiger partial charge on any atom is -0.489 e. The number of carbonyl (C=O) groups is 3. The second kappa shape index (κ2) is 10.3. The molecule has 2 N–H and O–H groups in total. The molecule has 0 atom stereocenters. The molecule has 0 aromatic heterocycles. The van der Waals surface area contributed by atoms with Crippen LogP contribution in [0.1, 0.15) is 36.7 Å². The zero-order chi connectivity index (χ0) is 21.4. The monoisotopic (exact) mass is 398 g/mol. The summed E-state index contributed by atoms with van der Waals surface area (Å²) in [5.41, 5.74) is 1.36. The molecule has 2 aromatic rings. The minimum atomic E-state index is -1.11. The van der Waals surface area contributed by atoms with Gasteiger partial charge in [-0.15, -0.1) is 0 Å². The Morgan fingerprint density at radius 1 is 1.10 bits per heavy atom. The van der Waals surface area contributed by atoms with Crippen LogP contribution in [0.4, 0.5) is 5.69 Å². The quantitative estimate of drug-likeness (QED) is 0.676. The van der Waals surface area contributed by atoms with Crippen molar-refractivity contribution in [2.75, 3.05) is 18.4 Å². The average molecular weight is 398 g/mol. The third-order valence-electron chi connectivity index (χ3n) is 4.16. The molecular weight excluding hydrogens is 372 g/mol. The molecule has 29 heavy (non-hydrogen) atoms. The molecule has 2 aromatic carbocycles. The van der Waals surface area contributed by atoms with E-state index in [1.807, 2.05) is 44.2 Å². The van der Waals surface area contributed by atoms with E-state index in [1.165, 1.54) is 30.0 Å². The first-order valence-electron chi connectivity index (χ1n) is 9.39. The van der Waals surface area contributed by atoms with Crippen molar-refractivity contribution in [3.05, 3.63) is 59.7 Å². The van der Waals surface area contributed by atoms with Gasteiger partial charge in [0.1, 0.15) is 5.75 Å². The lowest BCUT2D eigenvalue weighted by atomic mass is 10.1. The number of hydrogen-bond donors (Lipinski definition) is 2. The molecule has 154 valence electrons. The van der Waals surface area contributed by atoms with Crippen molar-refractivity contribution in [1.29, 1.82) is 0 Å². The molecule has 2 rings (SSSR count). The third-order valence-corrected chi connectivity index (χ3v) is 4.16. The highest BCUT2D eigenvalue weighted by Crippen LogP contribution is 2.27. The highest BCUT2D eigenvalue weighted by atomic mass is 16.5. The van der Waals surface area contributed by atoms with Crippen molar-refractivity contribution in [2.24, 2.45) is 0 Å². The van der Waals surface area contributed by atoms with Gasteiger partial charge in [-0.2, -0.15) is 0 Å². The van der Waals surface area contributed by atoms with Gasteiger partial charge in [0.05, 0.1) is 23.9 Å². The molecule has 2 amide bonds. The lowest BCUT2D eigenvalue weighted by molar-refractivity contribution is -0.132. The number of carbonyl (C=O) groups excluding carboxylic acids is 2. The topological polar surface area (TPSA) is 95.9 Å². The van der Waals surface area contributed by atoms with Crippen LogP contribution in [0.5, 0.6) is 5.75 Å². The molecule has 0 aliphatic rings. The summed E-state index contributed by atoms with van der Waals surface area (Å²) in [6, 6.07) is 14.0. The molecule has 0 saturated heterocycles. The highest BCUT2D eigenvalue weighted by Gasteiger charge is 2.17. The molecule has 0 heterocycles. The van der Waals surface area contributed by atoms with E-state index in [2.05, 4.69) is 5.32 Å². The molecule has 7 heteroatoms. The number of nitrogens with zero attached hydrogens (tertiary/aromatic N) is 1. The van der Waals surface area contributed by atoms with Gasteiger partial charge in [0.25, 0.3) is 0 Å². The lowest BCUT2D eigenvalue weighted by Gasteiger charge is -2.21. The molecule has 0 saturated carbocycles. The van der Waals surface area contributed by atoms with Crippen LogP contribution in [0.2, 0.25) is 0 Å². The SMILES string of the molecule is CC(=O)N(CCc1ccccc1)CC(=O)Nc1cc(C(=O)O)ccc1OC(C)C. The van der Waals surface area contributed by atoms with Gasteiger partial charge < -0.3 is 20.1 Å². The zero-order valence-electron chi connectivity index (χ0n) is 16.8. The molecule has 0 spiro atoms. The fourth-order valence-electron chi connectivity index (χ4n) is 2.74. The van der Waals surface area contributed by atoms with E-state index in [0.717, 1.165) is 5.56 Å². The van der Waals surface area contributed by atoms with Crippen LogP contribution in [0.15, 0.2) is 48.5 Å². The van der Waals surface area contributed by atoms with Crippen molar-refractivity contribution in [2.45, 2.75) is 33.3 Å². The van der Waals surface area contributed by atoms with E-state index in [1.54, 1.807) is 0 Å². The predicted octanol–water partition coefficient (Wildman–Crippen LogP) is 3.20. The molecular formula is C22H26N2O5. The molecule has 7 nitrogen and oxygen atoms in total. The molecule has 0 fully saturated rings. The van der Waals surface area contributed by atoms with Crippen LogP contribution in [0, 0.1) is 0 Å². The van der Waals surface area contributed by atoms with Crippen LogP contribution in [0.3, 0.4) is 0 Å². The molecule has 0 radical (unpaired) electrons. The number of aromatic carboxylic acids is 1. The molecule has 0 aliphatic carbocycles. The standard InChI is InChI=1S/C22H26N2O5/c1-15(2)29-20-10-9-18(22(27)28)13-19(20)23-21(26)14-24(16(3)25)12-11-17-7-5-4-6-8-17/h4-10,13,15H,11-12,14H2,1-3H3,(H,23,26)(H,27,28). The smallest absolute Gasteiger partial charge is 0.335 e. The Bertz CT molecular complexity index is 865. The summed E-state index contributed by atoms with van der Waals surface area (Å²) in [6.07, 6.45) is 0.477. The first-order valence-corrected chi connectivity index (χ1v) is 9.39. The Hall–Kier alpha value is -3.35.